The first-order valence-electron chi connectivity index (χ1n) is 3.30. The van der Waals surface area contributed by atoms with Crippen LogP contribution in [-0.2, 0) is 6.42 Å². The summed E-state index contributed by atoms with van der Waals surface area (Å²) in [4.78, 5) is 0. The molecule has 2 radical (unpaired) electrons. The monoisotopic (exact) mass is 152 g/mol. The zero-order valence-electron chi connectivity index (χ0n) is 6.30. The van der Waals surface area contributed by atoms with Gasteiger partial charge in [-0.05, 0) is 25.0 Å². The van der Waals surface area contributed by atoms with E-state index in [1.54, 1.807) is 12.1 Å². The average molecular weight is 152 g/mol. The summed E-state index contributed by atoms with van der Waals surface area (Å²) in [5.74, 6) is 0.201. The van der Waals surface area contributed by atoms with Crippen LogP contribution in [-0.4, -0.2) is 7.11 Å². The average Bonchev–Trinajstić information content (AvgIpc) is 2.04. The summed E-state index contributed by atoms with van der Waals surface area (Å²) in [6, 6.07) is 4.63. The number of hydrogen-bond donors (Lipinski definition) is 0. The van der Waals surface area contributed by atoms with Gasteiger partial charge in [0.05, 0.1) is 7.11 Å². The molecular weight excluding hydrogens is 143 g/mol. The number of hydrogen-bond acceptors (Lipinski definition) is 1. The Kier molecular flexibility index (Phi) is 2.47. The molecule has 0 aromatic heterocycles. The first-order chi connectivity index (χ1) is 5.27. The Morgan fingerprint density at radius 3 is 2.73 bits per heavy atom. The minimum atomic E-state index is -0.313. The van der Waals surface area contributed by atoms with Gasteiger partial charge in [0.15, 0.2) is 0 Å². The molecule has 1 nitrogen and oxygen atoms in total. The number of halogens is 1. The van der Waals surface area contributed by atoms with E-state index in [1.165, 1.54) is 13.2 Å². The highest BCUT2D eigenvalue weighted by Gasteiger charge is 2.00. The third-order valence-electron chi connectivity index (χ3n) is 1.48. The predicted molar refractivity (Wildman–Crippen MR) is 41.0 cm³/mol. The highest BCUT2D eigenvalue weighted by atomic mass is 19.1. The summed E-state index contributed by atoms with van der Waals surface area (Å²) in [6.45, 7) is 5.26. The molecule has 0 atom stereocenters. The molecule has 0 spiro atoms. The third-order valence-corrected chi connectivity index (χ3v) is 1.48. The van der Waals surface area contributed by atoms with Crippen molar-refractivity contribution in [2.24, 2.45) is 0 Å². The molecule has 0 fully saturated rings. The predicted octanol–water partition coefficient (Wildman–Crippen LogP) is 2.09. The van der Waals surface area contributed by atoms with Crippen LogP contribution in [0.25, 0.3) is 0 Å². The van der Waals surface area contributed by atoms with Gasteiger partial charge in [-0.15, -0.1) is 0 Å². The van der Waals surface area contributed by atoms with Crippen LogP contribution in [0.2, 0.25) is 0 Å². The van der Waals surface area contributed by atoms with Crippen molar-refractivity contribution in [2.45, 2.75) is 6.42 Å². The van der Waals surface area contributed by atoms with Crippen LogP contribution in [0.4, 0.5) is 4.39 Å². The molecule has 1 aromatic rings. The van der Waals surface area contributed by atoms with E-state index in [9.17, 15) is 4.39 Å². The molecule has 0 saturated heterocycles. The summed E-state index contributed by atoms with van der Waals surface area (Å²) >= 11 is 0. The van der Waals surface area contributed by atoms with Gasteiger partial charge < -0.3 is 4.74 Å². The number of ether oxygens (including phenoxy) is 1. The van der Waals surface area contributed by atoms with Crippen molar-refractivity contribution in [2.75, 3.05) is 7.11 Å². The molecule has 0 aliphatic heterocycles. The Balaban J connectivity index is 2.99. The van der Waals surface area contributed by atoms with Crippen LogP contribution in [0.15, 0.2) is 18.2 Å². The lowest BCUT2D eigenvalue weighted by molar-refractivity contribution is 0.411. The lowest BCUT2D eigenvalue weighted by Crippen LogP contribution is -1.89. The van der Waals surface area contributed by atoms with Crippen molar-refractivity contribution >= 4 is 0 Å². The molecule has 0 bridgehead atoms. The third kappa shape index (κ3) is 1.70. The van der Waals surface area contributed by atoms with E-state index in [0.717, 1.165) is 0 Å². The highest BCUT2D eigenvalue weighted by molar-refractivity contribution is 5.29. The van der Waals surface area contributed by atoms with Gasteiger partial charge in [0.2, 0.25) is 0 Å². The Morgan fingerprint density at radius 2 is 2.27 bits per heavy atom. The summed E-state index contributed by atoms with van der Waals surface area (Å²) in [6.07, 6.45) is 0.218. The van der Waals surface area contributed by atoms with Gasteiger partial charge in [-0.1, -0.05) is 6.07 Å². The molecule has 1 rings (SSSR count). The molecule has 1 aromatic carbocycles. The standard InChI is InChI=1S/C9H9FO/c1-3-7-4-5-8(11-2)6-9(7)10/h1,4-6H,3H2,2H3. The smallest absolute Gasteiger partial charge is 0.130 e. The van der Waals surface area contributed by atoms with Crippen molar-refractivity contribution in [3.8, 4) is 5.75 Å². The van der Waals surface area contributed by atoms with Crippen LogP contribution in [0, 0.1) is 12.7 Å². The Labute approximate surface area is 65.8 Å². The Morgan fingerprint density at radius 1 is 1.55 bits per heavy atom. The van der Waals surface area contributed by atoms with E-state index in [2.05, 4.69) is 0 Å². The summed E-state index contributed by atoms with van der Waals surface area (Å²) < 4.78 is 17.7. The van der Waals surface area contributed by atoms with E-state index in [4.69, 9.17) is 11.7 Å². The van der Waals surface area contributed by atoms with Gasteiger partial charge in [0.25, 0.3) is 0 Å². The van der Waals surface area contributed by atoms with E-state index in [-0.39, 0.29) is 12.2 Å². The normalized spacial score (nSPS) is 9.73. The molecule has 58 valence electrons. The Bertz CT molecular complexity index is 245. The van der Waals surface area contributed by atoms with Crippen molar-refractivity contribution in [3.05, 3.63) is 36.5 Å². The molecule has 2 heteroatoms. The first kappa shape index (κ1) is 8.05. The molecule has 0 aliphatic carbocycles. The van der Waals surface area contributed by atoms with Crippen molar-refractivity contribution in [3.63, 3.8) is 0 Å². The van der Waals surface area contributed by atoms with Crippen LogP contribution >= 0.6 is 0 Å². The molecule has 0 N–H and O–H groups in total. The van der Waals surface area contributed by atoms with Crippen LogP contribution in [0.5, 0.6) is 5.75 Å². The lowest BCUT2D eigenvalue weighted by atomic mass is 10.1. The van der Waals surface area contributed by atoms with Crippen molar-refractivity contribution in [1.82, 2.24) is 0 Å². The summed E-state index contributed by atoms with van der Waals surface area (Å²) in [5.41, 5.74) is 0.505. The maximum absolute atomic E-state index is 12.9. The van der Waals surface area contributed by atoms with E-state index in [0.29, 0.717) is 11.3 Å². The molecular formula is C9H9FO. The maximum atomic E-state index is 12.9. The minimum Gasteiger partial charge on any atom is -0.497 e. The largest absolute Gasteiger partial charge is 0.497 e. The van der Waals surface area contributed by atoms with Gasteiger partial charge in [0, 0.05) is 6.07 Å². The first-order valence-corrected chi connectivity index (χ1v) is 3.30. The van der Waals surface area contributed by atoms with Gasteiger partial charge in [-0.25, -0.2) is 4.39 Å². The van der Waals surface area contributed by atoms with Crippen LogP contribution in [0.3, 0.4) is 0 Å². The lowest BCUT2D eigenvalue weighted by Gasteiger charge is -2.01. The van der Waals surface area contributed by atoms with Crippen molar-refractivity contribution in [1.29, 1.82) is 0 Å². The van der Waals surface area contributed by atoms with Gasteiger partial charge in [-0.3, -0.25) is 0 Å². The number of methoxy groups -OCH3 is 1. The van der Waals surface area contributed by atoms with Crippen LogP contribution in [0.1, 0.15) is 5.56 Å². The summed E-state index contributed by atoms with van der Waals surface area (Å²) in [5, 5.41) is 0. The summed E-state index contributed by atoms with van der Waals surface area (Å²) in [7, 11) is 1.50. The molecule has 0 amide bonds. The minimum absolute atomic E-state index is 0.218. The van der Waals surface area contributed by atoms with Gasteiger partial charge in [-0.2, -0.15) is 0 Å². The maximum Gasteiger partial charge on any atom is 0.130 e. The van der Waals surface area contributed by atoms with E-state index >= 15 is 0 Å². The molecule has 0 aliphatic rings. The molecule has 0 heterocycles. The number of rotatable bonds is 2. The van der Waals surface area contributed by atoms with Gasteiger partial charge in [0.1, 0.15) is 11.6 Å². The fourth-order valence-electron chi connectivity index (χ4n) is 0.821. The SMILES string of the molecule is [CH]Cc1ccc(OC)cc1F. The van der Waals surface area contributed by atoms with E-state index < -0.39 is 0 Å². The zero-order valence-corrected chi connectivity index (χ0v) is 6.30. The van der Waals surface area contributed by atoms with Gasteiger partial charge >= 0.3 is 0 Å². The Hall–Kier alpha value is -1.05. The molecule has 0 saturated carbocycles. The topological polar surface area (TPSA) is 9.23 Å². The molecule has 0 unspecified atom stereocenters. The second kappa shape index (κ2) is 3.37. The fourth-order valence-corrected chi connectivity index (χ4v) is 0.821. The van der Waals surface area contributed by atoms with Crippen molar-refractivity contribution < 1.29 is 9.13 Å². The van der Waals surface area contributed by atoms with E-state index in [1.807, 2.05) is 0 Å². The second-order valence-corrected chi connectivity index (χ2v) is 2.16. The fraction of sp³-hybridized carbons (Fsp3) is 0.222. The zero-order chi connectivity index (χ0) is 8.27. The molecule has 11 heavy (non-hydrogen) atoms. The quantitative estimate of drug-likeness (QED) is 0.630. The highest BCUT2D eigenvalue weighted by Crippen LogP contribution is 2.15. The second-order valence-electron chi connectivity index (χ2n) is 2.16. The van der Waals surface area contributed by atoms with Crippen LogP contribution < -0.4 is 4.74 Å². The number of benzene rings is 1.